The summed E-state index contributed by atoms with van der Waals surface area (Å²) in [5.41, 5.74) is 0.393. The molecule has 1 aliphatic heterocycles. The molecular formula is C15H33N3. The van der Waals surface area contributed by atoms with Gasteiger partial charge in [-0.15, -0.1) is 0 Å². The van der Waals surface area contributed by atoms with E-state index in [1.807, 2.05) is 0 Å². The molecule has 1 aliphatic rings. The molecule has 108 valence electrons. The first-order valence-electron chi connectivity index (χ1n) is 7.58. The number of hydrogen-bond acceptors (Lipinski definition) is 3. The van der Waals surface area contributed by atoms with Crippen LogP contribution < -0.4 is 0 Å². The number of piperazine rings is 1. The van der Waals surface area contributed by atoms with Gasteiger partial charge in [0, 0.05) is 31.7 Å². The Bertz CT molecular complexity index is 218. The predicted octanol–water partition coefficient (Wildman–Crippen LogP) is 2.13. The van der Waals surface area contributed by atoms with Crippen LogP contribution in [0.15, 0.2) is 0 Å². The van der Waals surface area contributed by atoms with Crippen molar-refractivity contribution in [2.24, 2.45) is 0 Å². The Morgan fingerprint density at radius 2 is 1.67 bits per heavy atom. The van der Waals surface area contributed by atoms with Crippen molar-refractivity contribution in [3.63, 3.8) is 0 Å². The molecule has 1 rings (SSSR count). The molecule has 0 amide bonds. The molecule has 0 saturated carbocycles. The third kappa shape index (κ3) is 5.25. The quantitative estimate of drug-likeness (QED) is 0.690. The van der Waals surface area contributed by atoms with Gasteiger partial charge in [-0.25, -0.2) is 0 Å². The van der Waals surface area contributed by atoms with Gasteiger partial charge in [0.05, 0.1) is 0 Å². The molecule has 1 fully saturated rings. The fraction of sp³-hybridized carbons (Fsp3) is 1.00. The SMILES string of the molecule is CCCC(C)(C)N1CCN(CCCN(C)C)CC1. The summed E-state index contributed by atoms with van der Waals surface area (Å²) in [7, 11) is 4.32. The molecule has 0 N–H and O–H groups in total. The van der Waals surface area contributed by atoms with Gasteiger partial charge < -0.3 is 9.80 Å². The standard InChI is InChI=1S/C15H33N3/c1-6-8-15(2,3)18-13-11-17(12-14-18)10-7-9-16(4)5/h6-14H2,1-5H3. The fourth-order valence-corrected chi connectivity index (χ4v) is 2.96. The van der Waals surface area contributed by atoms with Gasteiger partial charge in [0.1, 0.15) is 0 Å². The lowest BCUT2D eigenvalue weighted by molar-refractivity contribution is 0.0459. The first-order valence-corrected chi connectivity index (χ1v) is 7.58. The van der Waals surface area contributed by atoms with E-state index in [-0.39, 0.29) is 0 Å². The molecule has 3 nitrogen and oxygen atoms in total. The van der Waals surface area contributed by atoms with Crippen LogP contribution in [0.4, 0.5) is 0 Å². The third-order valence-electron chi connectivity index (χ3n) is 4.17. The highest BCUT2D eigenvalue weighted by molar-refractivity contribution is 4.85. The van der Waals surface area contributed by atoms with E-state index in [0.717, 1.165) is 0 Å². The number of rotatable bonds is 7. The summed E-state index contributed by atoms with van der Waals surface area (Å²) in [5, 5.41) is 0. The van der Waals surface area contributed by atoms with Gasteiger partial charge in [-0.3, -0.25) is 4.90 Å². The molecular weight excluding hydrogens is 222 g/mol. The van der Waals surface area contributed by atoms with E-state index in [9.17, 15) is 0 Å². The fourth-order valence-electron chi connectivity index (χ4n) is 2.96. The second-order valence-electron chi connectivity index (χ2n) is 6.55. The highest BCUT2D eigenvalue weighted by Gasteiger charge is 2.28. The van der Waals surface area contributed by atoms with Crippen LogP contribution in [0, 0.1) is 0 Å². The van der Waals surface area contributed by atoms with Crippen LogP contribution in [-0.2, 0) is 0 Å². The Hall–Kier alpha value is -0.120. The highest BCUT2D eigenvalue weighted by atomic mass is 15.3. The highest BCUT2D eigenvalue weighted by Crippen LogP contribution is 2.22. The monoisotopic (exact) mass is 255 g/mol. The predicted molar refractivity (Wildman–Crippen MR) is 80.2 cm³/mol. The summed E-state index contributed by atoms with van der Waals surface area (Å²) < 4.78 is 0. The van der Waals surface area contributed by atoms with Gasteiger partial charge in [0.15, 0.2) is 0 Å². The lowest BCUT2D eigenvalue weighted by Gasteiger charge is -2.44. The molecule has 0 atom stereocenters. The average molecular weight is 255 g/mol. The van der Waals surface area contributed by atoms with E-state index < -0.39 is 0 Å². The molecule has 18 heavy (non-hydrogen) atoms. The van der Waals surface area contributed by atoms with Gasteiger partial charge in [0.2, 0.25) is 0 Å². The van der Waals surface area contributed by atoms with Crippen LogP contribution in [0.1, 0.15) is 40.0 Å². The van der Waals surface area contributed by atoms with Gasteiger partial charge in [-0.2, -0.15) is 0 Å². The maximum absolute atomic E-state index is 2.68. The van der Waals surface area contributed by atoms with Crippen molar-refractivity contribution < 1.29 is 0 Å². The van der Waals surface area contributed by atoms with Crippen LogP contribution in [-0.4, -0.2) is 73.6 Å². The number of hydrogen-bond donors (Lipinski definition) is 0. The summed E-state index contributed by atoms with van der Waals surface area (Å²) in [5.74, 6) is 0. The van der Waals surface area contributed by atoms with E-state index in [4.69, 9.17) is 0 Å². The number of nitrogens with zero attached hydrogens (tertiary/aromatic N) is 3. The molecule has 1 saturated heterocycles. The van der Waals surface area contributed by atoms with Crippen molar-refractivity contribution >= 4 is 0 Å². The Balaban J connectivity index is 2.24. The summed E-state index contributed by atoms with van der Waals surface area (Å²) >= 11 is 0. The maximum atomic E-state index is 2.68. The first-order chi connectivity index (χ1) is 8.45. The van der Waals surface area contributed by atoms with E-state index >= 15 is 0 Å². The Morgan fingerprint density at radius 3 is 2.17 bits per heavy atom. The lowest BCUT2D eigenvalue weighted by Crippen LogP contribution is -2.54. The van der Waals surface area contributed by atoms with Crippen LogP contribution in [0.2, 0.25) is 0 Å². The van der Waals surface area contributed by atoms with Gasteiger partial charge in [-0.1, -0.05) is 13.3 Å². The van der Waals surface area contributed by atoms with Crippen molar-refractivity contribution in [2.75, 3.05) is 53.4 Å². The van der Waals surface area contributed by atoms with Crippen molar-refractivity contribution in [1.29, 1.82) is 0 Å². The minimum absolute atomic E-state index is 0.393. The van der Waals surface area contributed by atoms with Crippen LogP contribution >= 0.6 is 0 Å². The van der Waals surface area contributed by atoms with E-state index in [1.165, 1.54) is 58.5 Å². The Kier molecular flexibility index (Phi) is 6.61. The zero-order chi connectivity index (χ0) is 13.6. The molecule has 0 aliphatic carbocycles. The summed E-state index contributed by atoms with van der Waals surface area (Å²) in [6.07, 6.45) is 3.90. The van der Waals surface area contributed by atoms with Gasteiger partial charge in [-0.05, 0) is 53.9 Å². The molecule has 0 aromatic rings. The van der Waals surface area contributed by atoms with Crippen LogP contribution in [0.5, 0.6) is 0 Å². The van der Waals surface area contributed by atoms with E-state index in [2.05, 4.69) is 49.6 Å². The van der Waals surface area contributed by atoms with Crippen molar-refractivity contribution in [3.05, 3.63) is 0 Å². The van der Waals surface area contributed by atoms with Crippen molar-refractivity contribution in [1.82, 2.24) is 14.7 Å². The molecule has 0 radical (unpaired) electrons. The van der Waals surface area contributed by atoms with E-state index in [0.29, 0.717) is 5.54 Å². The summed E-state index contributed by atoms with van der Waals surface area (Å²) in [6.45, 7) is 14.6. The molecule has 0 bridgehead atoms. The van der Waals surface area contributed by atoms with E-state index in [1.54, 1.807) is 0 Å². The van der Waals surface area contributed by atoms with Crippen LogP contribution in [0.3, 0.4) is 0 Å². The smallest absolute Gasteiger partial charge is 0.0154 e. The second kappa shape index (κ2) is 7.46. The van der Waals surface area contributed by atoms with Gasteiger partial charge >= 0.3 is 0 Å². The normalized spacial score (nSPS) is 19.7. The topological polar surface area (TPSA) is 9.72 Å². The molecule has 1 heterocycles. The second-order valence-corrected chi connectivity index (χ2v) is 6.55. The van der Waals surface area contributed by atoms with Crippen molar-refractivity contribution in [3.8, 4) is 0 Å². The Morgan fingerprint density at radius 1 is 1.06 bits per heavy atom. The molecule has 0 spiro atoms. The minimum Gasteiger partial charge on any atom is -0.309 e. The lowest BCUT2D eigenvalue weighted by atomic mass is 9.95. The third-order valence-corrected chi connectivity index (χ3v) is 4.17. The largest absolute Gasteiger partial charge is 0.309 e. The Labute approximate surface area is 114 Å². The maximum Gasteiger partial charge on any atom is 0.0154 e. The first kappa shape index (κ1) is 15.9. The zero-order valence-electron chi connectivity index (χ0n) is 13.2. The summed E-state index contributed by atoms with van der Waals surface area (Å²) in [4.78, 5) is 7.58. The summed E-state index contributed by atoms with van der Waals surface area (Å²) in [6, 6.07) is 0. The van der Waals surface area contributed by atoms with Gasteiger partial charge in [0.25, 0.3) is 0 Å². The molecule has 0 unspecified atom stereocenters. The average Bonchev–Trinajstić information content (AvgIpc) is 2.29. The van der Waals surface area contributed by atoms with Crippen LogP contribution in [0.25, 0.3) is 0 Å². The molecule has 0 aromatic heterocycles. The molecule has 3 heteroatoms. The minimum atomic E-state index is 0.393. The zero-order valence-corrected chi connectivity index (χ0v) is 13.2. The van der Waals surface area contributed by atoms with Crippen molar-refractivity contribution in [2.45, 2.75) is 45.6 Å². The molecule has 0 aromatic carbocycles.